The molecule has 1 unspecified atom stereocenters. The molecule has 2 heterocycles. The van der Waals surface area contributed by atoms with Gasteiger partial charge in [-0.15, -0.1) is 0 Å². The molecule has 0 aliphatic carbocycles. The summed E-state index contributed by atoms with van der Waals surface area (Å²) in [5.41, 5.74) is 0.0971. The van der Waals surface area contributed by atoms with E-state index >= 15 is 0 Å². The van der Waals surface area contributed by atoms with Crippen LogP contribution < -0.4 is 0 Å². The highest BCUT2D eigenvalue weighted by atomic mass is 19.1. The maximum atomic E-state index is 14.0. The number of nitro benzene ring substituents is 1. The third kappa shape index (κ3) is 3.25. The lowest BCUT2D eigenvalue weighted by Crippen LogP contribution is -2.31. The standard InChI is InChI=1S/C16H15FN4O4/c1-19-8-10(7-18-19)5-11-6-15(22)20(16(11)23)9-12-13(17)3-2-4-14(12)21(24)25/h2-4,7-8,11H,5-6,9H2,1H3. The van der Waals surface area contributed by atoms with Gasteiger partial charge < -0.3 is 0 Å². The molecule has 0 radical (unpaired) electrons. The van der Waals surface area contributed by atoms with Crippen LogP contribution in [0.15, 0.2) is 30.6 Å². The summed E-state index contributed by atoms with van der Waals surface area (Å²) >= 11 is 0. The van der Waals surface area contributed by atoms with E-state index in [1.807, 2.05) is 0 Å². The van der Waals surface area contributed by atoms with Gasteiger partial charge in [-0.3, -0.25) is 29.3 Å². The minimum atomic E-state index is -0.814. The predicted molar refractivity (Wildman–Crippen MR) is 83.6 cm³/mol. The number of benzene rings is 1. The van der Waals surface area contributed by atoms with Gasteiger partial charge in [0, 0.05) is 25.7 Å². The topological polar surface area (TPSA) is 98.3 Å². The summed E-state index contributed by atoms with van der Waals surface area (Å²) in [6.07, 6.45) is 3.70. The van der Waals surface area contributed by atoms with Gasteiger partial charge in [0.2, 0.25) is 11.8 Å². The Bertz CT molecular complexity index is 864. The number of aromatic nitrogens is 2. The van der Waals surface area contributed by atoms with Crippen LogP contribution in [0.25, 0.3) is 0 Å². The molecule has 1 aromatic heterocycles. The van der Waals surface area contributed by atoms with Crippen molar-refractivity contribution in [1.82, 2.24) is 14.7 Å². The molecule has 130 valence electrons. The molecule has 25 heavy (non-hydrogen) atoms. The number of hydrogen-bond acceptors (Lipinski definition) is 5. The molecule has 8 nitrogen and oxygen atoms in total. The molecule has 1 aromatic carbocycles. The van der Waals surface area contributed by atoms with E-state index in [4.69, 9.17) is 0 Å². The number of likely N-dealkylation sites (tertiary alicyclic amines) is 1. The number of carbonyl (C=O) groups excluding carboxylic acids is 2. The van der Waals surface area contributed by atoms with Crippen LogP contribution in [0.3, 0.4) is 0 Å². The summed E-state index contributed by atoms with van der Waals surface area (Å²) < 4.78 is 15.6. The molecule has 2 amide bonds. The summed E-state index contributed by atoms with van der Waals surface area (Å²) in [7, 11) is 1.74. The van der Waals surface area contributed by atoms with E-state index in [2.05, 4.69) is 5.10 Å². The van der Waals surface area contributed by atoms with Crippen LogP contribution >= 0.6 is 0 Å². The second-order valence-corrected chi connectivity index (χ2v) is 5.94. The van der Waals surface area contributed by atoms with Crippen molar-refractivity contribution in [2.45, 2.75) is 19.4 Å². The number of hydrogen-bond donors (Lipinski definition) is 0. The van der Waals surface area contributed by atoms with Crippen molar-refractivity contribution in [3.63, 3.8) is 0 Å². The Morgan fingerprint density at radius 3 is 2.80 bits per heavy atom. The summed E-state index contributed by atoms with van der Waals surface area (Å²) in [5, 5.41) is 15.1. The molecule has 2 aromatic rings. The van der Waals surface area contributed by atoms with Gasteiger partial charge in [0.25, 0.3) is 5.69 Å². The maximum absolute atomic E-state index is 14.0. The Kier molecular flexibility index (Phi) is 4.30. The average Bonchev–Trinajstić information content (AvgIpc) is 3.07. The number of imide groups is 1. The largest absolute Gasteiger partial charge is 0.277 e. The molecule has 1 fully saturated rings. The Hall–Kier alpha value is -3.10. The Balaban J connectivity index is 1.81. The van der Waals surface area contributed by atoms with E-state index in [-0.39, 0.29) is 12.0 Å². The Morgan fingerprint density at radius 2 is 2.16 bits per heavy atom. The summed E-state index contributed by atoms with van der Waals surface area (Å²) in [6.45, 7) is -0.440. The number of aryl methyl sites for hydroxylation is 1. The Morgan fingerprint density at radius 1 is 1.40 bits per heavy atom. The van der Waals surface area contributed by atoms with Crippen LogP contribution in [0.5, 0.6) is 0 Å². The minimum absolute atomic E-state index is 0.00399. The SMILES string of the molecule is Cn1cc(CC2CC(=O)N(Cc3c(F)cccc3[N+](=O)[O-])C2=O)cn1. The molecule has 9 heteroatoms. The number of nitrogens with zero attached hydrogens (tertiary/aromatic N) is 4. The van der Waals surface area contributed by atoms with Crippen molar-refractivity contribution in [3.05, 3.63) is 57.7 Å². The fourth-order valence-electron chi connectivity index (χ4n) is 2.97. The molecule has 3 rings (SSSR count). The highest BCUT2D eigenvalue weighted by Crippen LogP contribution is 2.29. The summed E-state index contributed by atoms with van der Waals surface area (Å²) in [6, 6.07) is 3.44. The van der Waals surface area contributed by atoms with Crippen molar-refractivity contribution in [2.24, 2.45) is 13.0 Å². The second-order valence-electron chi connectivity index (χ2n) is 5.94. The van der Waals surface area contributed by atoms with Crippen molar-refractivity contribution in [1.29, 1.82) is 0 Å². The lowest BCUT2D eigenvalue weighted by Gasteiger charge is -2.15. The third-order valence-corrected chi connectivity index (χ3v) is 4.18. The highest BCUT2D eigenvalue weighted by molar-refractivity contribution is 6.03. The first-order valence-corrected chi connectivity index (χ1v) is 7.60. The normalized spacial score (nSPS) is 17.4. The minimum Gasteiger partial charge on any atom is -0.277 e. The smallest absolute Gasteiger partial charge is 0.277 e. The first kappa shape index (κ1) is 16.7. The van der Waals surface area contributed by atoms with Crippen molar-refractivity contribution in [3.8, 4) is 0 Å². The number of halogens is 1. The van der Waals surface area contributed by atoms with Gasteiger partial charge >= 0.3 is 0 Å². The van der Waals surface area contributed by atoms with Crippen LogP contribution in [0, 0.1) is 21.8 Å². The lowest BCUT2D eigenvalue weighted by molar-refractivity contribution is -0.385. The molecule has 1 aliphatic heterocycles. The highest BCUT2D eigenvalue weighted by Gasteiger charge is 2.39. The molecule has 0 N–H and O–H groups in total. The van der Waals surface area contributed by atoms with Crippen LogP contribution in [0.2, 0.25) is 0 Å². The van der Waals surface area contributed by atoms with Gasteiger partial charge in [-0.25, -0.2) is 4.39 Å². The fraction of sp³-hybridized carbons (Fsp3) is 0.312. The first-order valence-electron chi connectivity index (χ1n) is 7.60. The molecular weight excluding hydrogens is 331 g/mol. The van der Waals surface area contributed by atoms with Crippen molar-refractivity contribution >= 4 is 17.5 Å². The summed E-state index contributed by atoms with van der Waals surface area (Å²) in [5.74, 6) is -2.30. The number of carbonyl (C=O) groups is 2. The van der Waals surface area contributed by atoms with Crippen LogP contribution in [0.1, 0.15) is 17.5 Å². The van der Waals surface area contributed by atoms with Crippen LogP contribution in [-0.2, 0) is 29.6 Å². The second kappa shape index (κ2) is 6.42. The van der Waals surface area contributed by atoms with Gasteiger partial charge in [0.05, 0.1) is 29.1 Å². The first-order chi connectivity index (χ1) is 11.9. The number of rotatable bonds is 5. The molecule has 1 saturated heterocycles. The number of amides is 2. The van der Waals surface area contributed by atoms with Gasteiger partial charge in [-0.05, 0) is 18.1 Å². The predicted octanol–water partition coefficient (Wildman–Crippen LogP) is 1.59. The van der Waals surface area contributed by atoms with E-state index in [1.165, 1.54) is 6.07 Å². The van der Waals surface area contributed by atoms with E-state index in [1.54, 1.807) is 24.1 Å². The molecule has 1 atom stereocenters. The fourth-order valence-corrected chi connectivity index (χ4v) is 2.97. The monoisotopic (exact) mass is 346 g/mol. The third-order valence-electron chi connectivity index (χ3n) is 4.18. The van der Waals surface area contributed by atoms with Gasteiger partial charge in [-0.2, -0.15) is 5.10 Å². The molecule has 0 saturated carbocycles. The van der Waals surface area contributed by atoms with Gasteiger partial charge in [-0.1, -0.05) is 6.07 Å². The number of nitro groups is 1. The zero-order valence-electron chi connectivity index (χ0n) is 13.4. The molecule has 1 aliphatic rings. The van der Waals surface area contributed by atoms with E-state index in [9.17, 15) is 24.1 Å². The zero-order chi connectivity index (χ0) is 18.1. The Labute approximate surface area is 142 Å². The maximum Gasteiger partial charge on any atom is 0.277 e. The van der Waals surface area contributed by atoms with Crippen molar-refractivity contribution < 1.29 is 18.9 Å². The lowest BCUT2D eigenvalue weighted by atomic mass is 10.0. The van der Waals surface area contributed by atoms with Crippen molar-refractivity contribution in [2.75, 3.05) is 0 Å². The molecular formula is C16H15FN4O4. The van der Waals surface area contributed by atoms with Crippen LogP contribution in [0.4, 0.5) is 10.1 Å². The zero-order valence-corrected chi connectivity index (χ0v) is 13.4. The van der Waals surface area contributed by atoms with Gasteiger partial charge in [0.15, 0.2) is 0 Å². The quantitative estimate of drug-likeness (QED) is 0.465. The van der Waals surface area contributed by atoms with E-state index in [0.717, 1.165) is 22.6 Å². The average molecular weight is 346 g/mol. The molecule has 0 bridgehead atoms. The van der Waals surface area contributed by atoms with Gasteiger partial charge in [0.1, 0.15) is 5.82 Å². The van der Waals surface area contributed by atoms with Crippen LogP contribution in [-0.4, -0.2) is 31.4 Å². The molecule has 0 spiro atoms. The van der Waals surface area contributed by atoms with E-state index < -0.39 is 40.7 Å². The summed E-state index contributed by atoms with van der Waals surface area (Å²) in [4.78, 5) is 35.9. The van der Waals surface area contributed by atoms with E-state index in [0.29, 0.717) is 6.42 Å².